The first-order valence-corrected chi connectivity index (χ1v) is 9.52. The van der Waals surface area contributed by atoms with E-state index in [9.17, 15) is 18.3 Å². The number of likely N-dealkylation sites (N-methyl/N-ethyl adjacent to an activating group) is 1. The maximum absolute atomic E-state index is 13.1. The van der Waals surface area contributed by atoms with Gasteiger partial charge in [-0.15, -0.1) is 0 Å². The summed E-state index contributed by atoms with van der Waals surface area (Å²) in [6.45, 7) is 0. The van der Waals surface area contributed by atoms with Gasteiger partial charge >= 0.3 is 0 Å². The molecule has 0 saturated carbocycles. The Kier molecular flexibility index (Phi) is 3.85. The van der Waals surface area contributed by atoms with Crippen molar-refractivity contribution in [1.82, 2.24) is 9.29 Å². The zero-order chi connectivity index (χ0) is 19.2. The average molecular weight is 381 g/mol. The molecule has 2 N–H and O–H groups in total. The molecular weight excluding hydrogens is 366 g/mol. The lowest BCUT2D eigenvalue weighted by atomic mass is 10.0. The summed E-state index contributed by atoms with van der Waals surface area (Å²) in [6, 6.07) is 15.1. The number of sulfonamides is 1. The number of pyridine rings is 1. The quantitative estimate of drug-likeness (QED) is 0.711. The number of amides is 1. The van der Waals surface area contributed by atoms with Crippen LogP contribution in [-0.2, 0) is 14.8 Å². The van der Waals surface area contributed by atoms with E-state index in [4.69, 9.17) is 0 Å². The molecule has 0 fully saturated rings. The van der Waals surface area contributed by atoms with Crippen molar-refractivity contribution in [1.29, 1.82) is 0 Å². The second-order valence-corrected chi connectivity index (χ2v) is 7.91. The zero-order valence-corrected chi connectivity index (χ0v) is 15.1. The van der Waals surface area contributed by atoms with Gasteiger partial charge in [0.15, 0.2) is 11.5 Å². The third kappa shape index (κ3) is 2.61. The molecule has 0 aliphatic carbocycles. The minimum Gasteiger partial charge on any atom is -0.505 e. The van der Waals surface area contributed by atoms with Crippen molar-refractivity contribution in [2.45, 2.75) is 4.90 Å². The molecule has 1 amide bonds. The molecule has 136 valence electrons. The number of carbonyl (C=O) groups is 1. The van der Waals surface area contributed by atoms with Crippen LogP contribution >= 0.6 is 0 Å². The van der Waals surface area contributed by atoms with Gasteiger partial charge in [0.1, 0.15) is 10.7 Å². The Bertz CT molecular complexity index is 1200. The van der Waals surface area contributed by atoms with Gasteiger partial charge in [0.05, 0.1) is 0 Å². The molecule has 7 nitrogen and oxygen atoms in total. The molecule has 0 radical (unpaired) electrons. The van der Waals surface area contributed by atoms with E-state index in [-0.39, 0.29) is 22.0 Å². The van der Waals surface area contributed by atoms with Crippen molar-refractivity contribution in [3.63, 3.8) is 0 Å². The fourth-order valence-corrected chi connectivity index (χ4v) is 4.69. The van der Waals surface area contributed by atoms with Crippen molar-refractivity contribution < 1.29 is 18.3 Å². The third-order valence-electron chi connectivity index (χ3n) is 4.41. The lowest BCUT2D eigenvalue weighted by molar-refractivity contribution is -0.113. The second-order valence-electron chi connectivity index (χ2n) is 6.00. The predicted molar refractivity (Wildman–Crippen MR) is 101 cm³/mol. The Morgan fingerprint density at radius 1 is 1.07 bits per heavy atom. The molecule has 27 heavy (non-hydrogen) atoms. The molecule has 1 aromatic heterocycles. The number of aliphatic hydroxyl groups excluding tert-OH is 1. The Labute approximate surface area is 155 Å². The van der Waals surface area contributed by atoms with Gasteiger partial charge in [-0.3, -0.25) is 9.10 Å². The summed E-state index contributed by atoms with van der Waals surface area (Å²) in [7, 11) is -2.79. The highest BCUT2D eigenvalue weighted by Crippen LogP contribution is 2.39. The Morgan fingerprint density at radius 3 is 2.56 bits per heavy atom. The minimum absolute atomic E-state index is 0.0185. The van der Waals surface area contributed by atoms with Crippen LogP contribution in [0.4, 0.5) is 5.82 Å². The van der Waals surface area contributed by atoms with E-state index in [0.29, 0.717) is 5.39 Å². The highest BCUT2D eigenvalue weighted by atomic mass is 32.2. The molecule has 0 saturated heterocycles. The summed E-state index contributed by atoms with van der Waals surface area (Å²) in [5.41, 5.74) is -0.263. The molecule has 2 aromatic carbocycles. The van der Waals surface area contributed by atoms with Gasteiger partial charge in [-0.1, -0.05) is 36.4 Å². The molecule has 0 spiro atoms. The van der Waals surface area contributed by atoms with Crippen LogP contribution in [0.5, 0.6) is 0 Å². The topological polar surface area (TPSA) is 99.6 Å². The number of anilines is 1. The van der Waals surface area contributed by atoms with Gasteiger partial charge in [-0.2, -0.15) is 0 Å². The van der Waals surface area contributed by atoms with Crippen LogP contribution in [0.2, 0.25) is 0 Å². The fourth-order valence-electron chi connectivity index (χ4n) is 3.10. The van der Waals surface area contributed by atoms with Gasteiger partial charge in [-0.05, 0) is 23.6 Å². The van der Waals surface area contributed by atoms with Crippen LogP contribution in [0.25, 0.3) is 16.5 Å². The number of aromatic nitrogens is 1. The van der Waals surface area contributed by atoms with Crippen LogP contribution in [0, 0.1) is 0 Å². The highest BCUT2D eigenvalue weighted by molar-refractivity contribution is 7.89. The fraction of sp³-hybridized carbons (Fsp3) is 0.0526. The van der Waals surface area contributed by atoms with Crippen molar-refractivity contribution in [2.75, 3.05) is 12.4 Å². The Morgan fingerprint density at radius 2 is 1.81 bits per heavy atom. The molecule has 0 unspecified atom stereocenters. The van der Waals surface area contributed by atoms with Gasteiger partial charge in [0.2, 0.25) is 0 Å². The van der Waals surface area contributed by atoms with Crippen LogP contribution in [0.1, 0.15) is 5.56 Å². The number of rotatable bonds is 2. The summed E-state index contributed by atoms with van der Waals surface area (Å²) in [5, 5.41) is 14.4. The monoisotopic (exact) mass is 381 g/mol. The van der Waals surface area contributed by atoms with Crippen LogP contribution in [-0.4, -0.2) is 35.8 Å². The van der Waals surface area contributed by atoms with Gasteiger partial charge in [0, 0.05) is 24.2 Å². The smallest absolute Gasteiger partial charge is 0.277 e. The number of benzene rings is 2. The normalized spacial score (nSPS) is 15.5. The molecule has 0 atom stereocenters. The van der Waals surface area contributed by atoms with E-state index in [2.05, 4.69) is 10.3 Å². The molecule has 2 heterocycles. The molecule has 1 aliphatic heterocycles. The van der Waals surface area contributed by atoms with Crippen molar-refractivity contribution in [3.8, 4) is 0 Å². The largest absolute Gasteiger partial charge is 0.505 e. The molecular formula is C19H15N3O4S. The number of hydrogen-bond donors (Lipinski definition) is 2. The predicted octanol–water partition coefficient (Wildman–Crippen LogP) is 2.73. The first kappa shape index (κ1) is 17.0. The van der Waals surface area contributed by atoms with E-state index in [1.54, 1.807) is 48.5 Å². The lowest BCUT2D eigenvalue weighted by Crippen LogP contribution is -2.37. The van der Waals surface area contributed by atoms with Crippen molar-refractivity contribution in [3.05, 3.63) is 72.1 Å². The molecule has 0 bridgehead atoms. The molecule has 8 heteroatoms. The number of nitrogens with one attached hydrogen (secondary N) is 1. The number of aliphatic hydroxyl groups is 1. The third-order valence-corrected chi connectivity index (χ3v) is 6.27. The van der Waals surface area contributed by atoms with Gasteiger partial charge in [-0.25, -0.2) is 13.4 Å². The van der Waals surface area contributed by atoms with Crippen LogP contribution in [0.3, 0.4) is 0 Å². The SMILES string of the molecule is CN1C(C(=O)Nc2ccccn2)=C(O)c2ccc3ccccc3c2S1(=O)=O. The van der Waals surface area contributed by atoms with E-state index >= 15 is 0 Å². The summed E-state index contributed by atoms with van der Waals surface area (Å²) < 4.78 is 27.0. The first-order valence-electron chi connectivity index (χ1n) is 8.08. The van der Waals surface area contributed by atoms with E-state index in [0.717, 1.165) is 9.69 Å². The average Bonchev–Trinajstić information content (AvgIpc) is 2.66. The molecule has 4 rings (SSSR count). The van der Waals surface area contributed by atoms with Crippen LogP contribution in [0.15, 0.2) is 71.4 Å². The van der Waals surface area contributed by atoms with E-state index in [1.807, 2.05) is 0 Å². The lowest BCUT2D eigenvalue weighted by Gasteiger charge is -2.29. The summed E-state index contributed by atoms with van der Waals surface area (Å²) in [6.07, 6.45) is 1.49. The second kappa shape index (κ2) is 6.10. The first-order chi connectivity index (χ1) is 12.9. The molecule has 3 aromatic rings. The number of fused-ring (bicyclic) bond motifs is 3. The van der Waals surface area contributed by atoms with Crippen LogP contribution < -0.4 is 5.32 Å². The molecule has 1 aliphatic rings. The van der Waals surface area contributed by atoms with E-state index < -0.39 is 21.7 Å². The standard InChI is InChI=1S/C19H15N3O4S/c1-22-16(19(24)21-15-8-4-5-11-20-15)17(23)14-10-9-12-6-2-3-7-13(12)18(14)27(22,25)26/h2-11,23H,1H3,(H,20,21,24). The summed E-state index contributed by atoms with van der Waals surface area (Å²) in [5.74, 6) is -0.921. The summed E-state index contributed by atoms with van der Waals surface area (Å²) >= 11 is 0. The Hall–Kier alpha value is -3.39. The number of nitrogens with zero attached hydrogens (tertiary/aromatic N) is 2. The van der Waals surface area contributed by atoms with Gasteiger partial charge < -0.3 is 10.4 Å². The minimum atomic E-state index is -4.03. The maximum atomic E-state index is 13.1. The highest BCUT2D eigenvalue weighted by Gasteiger charge is 2.39. The van der Waals surface area contributed by atoms with Crippen molar-refractivity contribution >= 4 is 38.3 Å². The zero-order valence-electron chi connectivity index (χ0n) is 14.2. The van der Waals surface area contributed by atoms with Crippen molar-refractivity contribution in [2.24, 2.45) is 0 Å². The number of carbonyl (C=O) groups excluding carboxylic acids is 1. The summed E-state index contributed by atoms with van der Waals surface area (Å²) in [4.78, 5) is 16.6. The van der Waals surface area contributed by atoms with Gasteiger partial charge in [0.25, 0.3) is 15.9 Å². The Balaban J connectivity index is 1.91. The maximum Gasteiger partial charge on any atom is 0.277 e. The van der Waals surface area contributed by atoms with E-state index in [1.165, 1.54) is 19.3 Å². The number of hydrogen-bond acceptors (Lipinski definition) is 5.